The van der Waals surface area contributed by atoms with Gasteiger partial charge in [0, 0.05) is 11.1 Å². The van der Waals surface area contributed by atoms with Gasteiger partial charge in [0.15, 0.2) is 0 Å². The monoisotopic (exact) mass is 264 g/mol. The third-order valence-electron chi connectivity index (χ3n) is 2.92. The molecular weight excluding hydrogens is 240 g/mol. The number of hydrogen-bond acceptors (Lipinski definition) is 3. The topological polar surface area (TPSA) is 43.4 Å². The van der Waals surface area contributed by atoms with Crippen LogP contribution in [-0.2, 0) is 14.3 Å². The van der Waals surface area contributed by atoms with Gasteiger partial charge in [0.05, 0.1) is 6.61 Å². The van der Waals surface area contributed by atoms with Crippen LogP contribution < -0.4 is 0 Å². The summed E-state index contributed by atoms with van der Waals surface area (Å²) in [5.74, 6) is 0.527. The minimum absolute atomic E-state index is 0.322. The Labute approximate surface area is 115 Å². The van der Waals surface area contributed by atoms with Crippen molar-refractivity contribution >= 4 is 11.6 Å². The first-order valence-corrected chi connectivity index (χ1v) is 7.02. The number of rotatable bonds is 6. The van der Waals surface area contributed by atoms with Crippen LogP contribution >= 0.6 is 0 Å². The molecule has 0 bridgehead atoms. The molecular formula is C16H24O3. The zero-order valence-electron chi connectivity index (χ0n) is 12.6. The number of ketones is 2. The lowest BCUT2D eigenvalue weighted by Crippen LogP contribution is -2.26. The van der Waals surface area contributed by atoms with Gasteiger partial charge in [-0.2, -0.15) is 0 Å². The second kappa shape index (κ2) is 6.69. The first-order valence-electron chi connectivity index (χ1n) is 7.02. The molecule has 0 aromatic rings. The standard InChI is InChI=1S/C16H24O3/c1-6-19-14-9-12(7-10(2)3)15(17)16(18)13(14)8-11(4)5/h9-11H,6-8H2,1-5H3. The first-order chi connectivity index (χ1) is 8.86. The summed E-state index contributed by atoms with van der Waals surface area (Å²) < 4.78 is 5.56. The fourth-order valence-electron chi connectivity index (χ4n) is 2.18. The largest absolute Gasteiger partial charge is 0.493 e. The van der Waals surface area contributed by atoms with Crippen molar-refractivity contribution in [1.82, 2.24) is 0 Å². The maximum absolute atomic E-state index is 12.2. The van der Waals surface area contributed by atoms with Gasteiger partial charge in [0.25, 0.3) is 0 Å². The quantitative estimate of drug-likeness (QED) is 0.545. The summed E-state index contributed by atoms with van der Waals surface area (Å²) in [6.07, 6.45) is 2.98. The molecule has 3 heteroatoms. The van der Waals surface area contributed by atoms with Gasteiger partial charge in [-0.25, -0.2) is 0 Å². The Kier molecular flexibility index (Phi) is 5.52. The summed E-state index contributed by atoms with van der Waals surface area (Å²) >= 11 is 0. The third-order valence-corrected chi connectivity index (χ3v) is 2.92. The van der Waals surface area contributed by atoms with E-state index < -0.39 is 0 Å². The van der Waals surface area contributed by atoms with Gasteiger partial charge in [0.1, 0.15) is 5.76 Å². The molecule has 0 spiro atoms. The number of Topliss-reactive ketones (excluding diaryl/α,β-unsaturated/α-hetero) is 2. The Morgan fingerprint density at radius 2 is 1.58 bits per heavy atom. The SMILES string of the molecule is CCOC1=C(CC(C)C)C(=O)C(=O)C(CC(C)C)=C1. The zero-order chi connectivity index (χ0) is 14.6. The van der Waals surface area contributed by atoms with Gasteiger partial charge in [-0.1, -0.05) is 27.7 Å². The fourth-order valence-corrected chi connectivity index (χ4v) is 2.18. The van der Waals surface area contributed by atoms with Crippen molar-refractivity contribution in [2.75, 3.05) is 6.61 Å². The van der Waals surface area contributed by atoms with Crippen molar-refractivity contribution in [3.63, 3.8) is 0 Å². The van der Waals surface area contributed by atoms with E-state index in [0.717, 1.165) is 0 Å². The minimum Gasteiger partial charge on any atom is -0.493 e. The van der Waals surface area contributed by atoms with Crippen molar-refractivity contribution in [3.8, 4) is 0 Å². The molecule has 1 aliphatic rings. The maximum atomic E-state index is 12.2. The van der Waals surface area contributed by atoms with Gasteiger partial charge in [-0.05, 0) is 37.7 Å². The summed E-state index contributed by atoms with van der Waals surface area (Å²) in [6, 6.07) is 0. The lowest BCUT2D eigenvalue weighted by molar-refractivity contribution is -0.132. The van der Waals surface area contributed by atoms with Crippen LogP contribution in [0.1, 0.15) is 47.5 Å². The highest BCUT2D eigenvalue weighted by Gasteiger charge is 2.31. The number of hydrogen-bond donors (Lipinski definition) is 0. The third kappa shape index (κ3) is 4.05. The zero-order valence-corrected chi connectivity index (χ0v) is 12.6. The molecule has 0 unspecified atom stereocenters. The van der Waals surface area contributed by atoms with Crippen LogP contribution in [0, 0.1) is 11.8 Å². The highest BCUT2D eigenvalue weighted by atomic mass is 16.5. The maximum Gasteiger partial charge on any atom is 0.232 e. The molecule has 0 radical (unpaired) electrons. The highest BCUT2D eigenvalue weighted by Crippen LogP contribution is 2.27. The van der Waals surface area contributed by atoms with Crippen molar-refractivity contribution < 1.29 is 14.3 Å². The Morgan fingerprint density at radius 3 is 2.05 bits per heavy atom. The van der Waals surface area contributed by atoms with E-state index in [1.807, 2.05) is 34.6 Å². The van der Waals surface area contributed by atoms with Crippen LogP contribution in [0.4, 0.5) is 0 Å². The summed E-state index contributed by atoms with van der Waals surface area (Å²) in [4.78, 5) is 24.3. The Bertz CT molecular complexity index is 425. The van der Waals surface area contributed by atoms with Gasteiger partial charge in [0.2, 0.25) is 11.6 Å². The predicted molar refractivity (Wildman–Crippen MR) is 75.7 cm³/mol. The Morgan fingerprint density at radius 1 is 1.00 bits per heavy atom. The number of carbonyl (C=O) groups is 2. The normalized spacial score (nSPS) is 16.5. The van der Waals surface area contributed by atoms with Gasteiger partial charge < -0.3 is 4.74 Å². The Balaban J connectivity index is 3.15. The second-order valence-electron chi connectivity index (χ2n) is 5.80. The minimum atomic E-state index is -0.379. The summed E-state index contributed by atoms with van der Waals surface area (Å²) in [6.45, 7) is 10.5. The van der Waals surface area contributed by atoms with E-state index >= 15 is 0 Å². The van der Waals surface area contributed by atoms with Crippen LogP contribution in [0.5, 0.6) is 0 Å². The van der Waals surface area contributed by atoms with Gasteiger partial charge in [-0.3, -0.25) is 9.59 Å². The molecule has 3 nitrogen and oxygen atoms in total. The predicted octanol–water partition coefficient (Wildman–Crippen LogP) is 3.45. The summed E-state index contributed by atoms with van der Waals surface area (Å²) in [7, 11) is 0. The van der Waals surface area contributed by atoms with Gasteiger partial charge >= 0.3 is 0 Å². The summed E-state index contributed by atoms with van der Waals surface area (Å²) in [5.41, 5.74) is 1.12. The number of allylic oxidation sites excluding steroid dienone is 3. The molecule has 0 N–H and O–H groups in total. The van der Waals surface area contributed by atoms with E-state index in [0.29, 0.717) is 48.2 Å². The average Bonchev–Trinajstić information content (AvgIpc) is 2.30. The molecule has 0 fully saturated rings. The second-order valence-corrected chi connectivity index (χ2v) is 5.80. The van der Waals surface area contributed by atoms with Crippen LogP contribution in [0.15, 0.2) is 23.0 Å². The van der Waals surface area contributed by atoms with Crippen molar-refractivity contribution in [1.29, 1.82) is 0 Å². The Hall–Kier alpha value is -1.38. The van der Waals surface area contributed by atoms with Crippen LogP contribution in [0.3, 0.4) is 0 Å². The molecule has 0 aliphatic heterocycles. The molecule has 0 aromatic carbocycles. The van der Waals surface area contributed by atoms with Crippen molar-refractivity contribution in [2.45, 2.75) is 47.5 Å². The lowest BCUT2D eigenvalue weighted by atomic mass is 9.86. The summed E-state index contributed by atoms with van der Waals surface area (Å²) in [5, 5.41) is 0. The number of ether oxygens (including phenoxy) is 1. The van der Waals surface area contributed by atoms with Crippen molar-refractivity contribution in [3.05, 3.63) is 23.0 Å². The van der Waals surface area contributed by atoms with E-state index in [4.69, 9.17) is 4.74 Å². The van der Waals surface area contributed by atoms with Crippen molar-refractivity contribution in [2.24, 2.45) is 11.8 Å². The molecule has 0 atom stereocenters. The molecule has 106 valence electrons. The number of carbonyl (C=O) groups excluding carboxylic acids is 2. The van der Waals surface area contributed by atoms with Crippen LogP contribution in [0.2, 0.25) is 0 Å². The molecule has 1 rings (SSSR count). The highest BCUT2D eigenvalue weighted by molar-refractivity contribution is 6.50. The molecule has 19 heavy (non-hydrogen) atoms. The molecule has 0 saturated heterocycles. The van der Waals surface area contributed by atoms with E-state index in [1.165, 1.54) is 0 Å². The average molecular weight is 264 g/mol. The van der Waals surface area contributed by atoms with Gasteiger partial charge in [-0.15, -0.1) is 0 Å². The fraction of sp³-hybridized carbons (Fsp3) is 0.625. The van der Waals surface area contributed by atoms with Crippen LogP contribution in [-0.4, -0.2) is 18.2 Å². The molecule has 0 amide bonds. The van der Waals surface area contributed by atoms with E-state index in [-0.39, 0.29) is 11.6 Å². The van der Waals surface area contributed by atoms with Crippen LogP contribution in [0.25, 0.3) is 0 Å². The first kappa shape index (κ1) is 15.7. The van der Waals surface area contributed by atoms with E-state index in [9.17, 15) is 9.59 Å². The van der Waals surface area contributed by atoms with E-state index in [1.54, 1.807) is 6.08 Å². The molecule has 0 aromatic heterocycles. The lowest BCUT2D eigenvalue weighted by Gasteiger charge is -2.20. The smallest absolute Gasteiger partial charge is 0.232 e. The van der Waals surface area contributed by atoms with E-state index in [2.05, 4.69) is 0 Å². The molecule has 0 saturated carbocycles. The molecule has 0 heterocycles. The molecule has 1 aliphatic carbocycles.